The van der Waals surface area contributed by atoms with Crippen molar-refractivity contribution in [3.8, 4) is 11.1 Å². The van der Waals surface area contributed by atoms with Gasteiger partial charge >= 0.3 is 0 Å². The highest BCUT2D eigenvalue weighted by Gasteiger charge is 2.23. The molecule has 0 amide bonds. The smallest absolute Gasteiger partial charge is 0.136 e. The molecule has 0 saturated carbocycles. The van der Waals surface area contributed by atoms with Crippen LogP contribution in [0.3, 0.4) is 0 Å². The van der Waals surface area contributed by atoms with E-state index < -0.39 is 0 Å². The zero-order valence-electron chi connectivity index (χ0n) is 30.3. The Morgan fingerprint density at radius 1 is 0.351 bits per heavy atom. The normalized spacial score (nSPS) is 12.2. The molecule has 0 radical (unpaired) electrons. The summed E-state index contributed by atoms with van der Waals surface area (Å²) in [4.78, 5) is 2.49. The second kappa shape index (κ2) is 12.0. The van der Waals surface area contributed by atoms with Crippen molar-refractivity contribution in [2.24, 2.45) is 0 Å². The Morgan fingerprint density at radius 3 is 1.60 bits per heavy atom. The maximum atomic E-state index is 6.67. The molecule has 0 unspecified atom stereocenters. The Kier molecular flexibility index (Phi) is 6.67. The van der Waals surface area contributed by atoms with Crippen molar-refractivity contribution in [2.45, 2.75) is 0 Å². The predicted molar refractivity (Wildman–Crippen MR) is 250 cm³/mol. The van der Waals surface area contributed by atoms with Gasteiger partial charge in [-0.1, -0.05) is 115 Å². The highest BCUT2D eigenvalue weighted by Crippen LogP contribution is 2.50. The summed E-state index contributed by atoms with van der Waals surface area (Å²) in [6, 6.07) is 64.5. The van der Waals surface area contributed by atoms with Crippen molar-refractivity contribution in [1.29, 1.82) is 0 Å². The van der Waals surface area contributed by atoms with Crippen LogP contribution in [-0.2, 0) is 0 Å². The molecule has 0 aliphatic heterocycles. The third-order valence-corrected chi connectivity index (χ3v) is 15.2. The van der Waals surface area contributed by atoms with Crippen LogP contribution in [0, 0.1) is 0 Å². The first-order chi connectivity index (χ1) is 28.3. The van der Waals surface area contributed by atoms with Gasteiger partial charge in [-0.2, -0.15) is 0 Å². The van der Waals surface area contributed by atoms with Crippen molar-refractivity contribution in [2.75, 3.05) is 4.90 Å². The maximum absolute atomic E-state index is 6.67. The van der Waals surface area contributed by atoms with Crippen LogP contribution >= 0.6 is 34.0 Å². The standard InChI is InChI=1S/C52H29NOS3/c1-4-19-43-34(10-1)36-14-7-16-39(51(36)56-43)53(40-17-8-15-37-35-11-2-5-20-44(35)57-52(37)40)32-26-22-30(23-27-32)33-13-9-18-41-48(33)50-42(54-41)28-24-31-25-29-46-49(47(31)50)38-12-3-6-21-45(38)55-46/h1-29H. The van der Waals surface area contributed by atoms with Gasteiger partial charge in [0.05, 0.1) is 20.8 Å². The maximum Gasteiger partial charge on any atom is 0.136 e. The summed E-state index contributed by atoms with van der Waals surface area (Å²) in [6.45, 7) is 0. The molecule has 4 heterocycles. The van der Waals surface area contributed by atoms with Crippen LogP contribution in [0.4, 0.5) is 17.1 Å². The lowest BCUT2D eigenvalue weighted by Gasteiger charge is -2.27. The highest BCUT2D eigenvalue weighted by atomic mass is 32.1. The number of rotatable bonds is 4. The topological polar surface area (TPSA) is 16.4 Å². The summed E-state index contributed by atoms with van der Waals surface area (Å²) in [5.41, 5.74) is 7.65. The van der Waals surface area contributed by atoms with Gasteiger partial charge in [-0.25, -0.2) is 0 Å². The number of fused-ring (bicyclic) bond motifs is 15. The molecular weight excluding hydrogens is 751 g/mol. The lowest BCUT2D eigenvalue weighted by molar-refractivity contribution is 0.669. The molecule has 0 fully saturated rings. The number of furan rings is 1. The molecule has 13 aromatic rings. The predicted octanol–water partition coefficient (Wildman–Crippen LogP) is 17.0. The minimum atomic E-state index is 0.908. The van der Waals surface area contributed by atoms with Gasteiger partial charge in [0.1, 0.15) is 11.2 Å². The van der Waals surface area contributed by atoms with E-state index in [0.717, 1.165) is 27.8 Å². The molecule has 5 heteroatoms. The summed E-state index contributed by atoms with van der Waals surface area (Å²) in [5, 5.41) is 12.6. The molecule has 4 aromatic heterocycles. The van der Waals surface area contributed by atoms with E-state index in [1.54, 1.807) is 0 Å². The van der Waals surface area contributed by atoms with Crippen LogP contribution in [0.15, 0.2) is 180 Å². The quantitative estimate of drug-likeness (QED) is 0.177. The molecule has 9 aromatic carbocycles. The van der Waals surface area contributed by atoms with Gasteiger partial charge in [0.25, 0.3) is 0 Å². The van der Waals surface area contributed by atoms with E-state index >= 15 is 0 Å². The number of nitrogens with zero attached hydrogens (tertiary/aromatic N) is 1. The second-order valence-electron chi connectivity index (χ2n) is 14.7. The van der Waals surface area contributed by atoms with Crippen molar-refractivity contribution in [3.63, 3.8) is 0 Å². The Bertz CT molecular complexity index is 3650. The van der Waals surface area contributed by atoms with E-state index in [1.807, 2.05) is 34.0 Å². The molecule has 0 saturated heterocycles. The lowest BCUT2D eigenvalue weighted by Crippen LogP contribution is -2.10. The van der Waals surface area contributed by atoms with Gasteiger partial charge in [-0.3, -0.25) is 0 Å². The summed E-state index contributed by atoms with van der Waals surface area (Å²) in [6.07, 6.45) is 0. The number of thiophene rings is 3. The molecule has 0 spiro atoms. The van der Waals surface area contributed by atoms with E-state index in [9.17, 15) is 0 Å². The van der Waals surface area contributed by atoms with Crippen LogP contribution < -0.4 is 4.90 Å². The molecule has 0 aliphatic rings. The first-order valence-corrected chi connectivity index (χ1v) is 21.6. The minimum absolute atomic E-state index is 0.908. The summed E-state index contributed by atoms with van der Waals surface area (Å²) in [5.74, 6) is 0. The number of anilines is 3. The summed E-state index contributed by atoms with van der Waals surface area (Å²) >= 11 is 5.61. The van der Waals surface area contributed by atoms with Crippen molar-refractivity contribution in [3.05, 3.63) is 176 Å². The van der Waals surface area contributed by atoms with E-state index in [2.05, 4.69) is 181 Å². The first-order valence-electron chi connectivity index (χ1n) is 19.2. The van der Waals surface area contributed by atoms with Crippen LogP contribution in [-0.4, -0.2) is 0 Å². The van der Waals surface area contributed by atoms with Gasteiger partial charge < -0.3 is 9.32 Å². The van der Waals surface area contributed by atoms with Crippen LogP contribution in [0.1, 0.15) is 0 Å². The molecule has 13 rings (SSSR count). The van der Waals surface area contributed by atoms with Gasteiger partial charge in [0.15, 0.2) is 0 Å². The average molecular weight is 780 g/mol. The zero-order valence-corrected chi connectivity index (χ0v) is 32.8. The van der Waals surface area contributed by atoms with Crippen molar-refractivity contribution < 1.29 is 4.42 Å². The first kappa shape index (κ1) is 31.7. The zero-order chi connectivity index (χ0) is 37.2. The Morgan fingerprint density at radius 2 is 0.912 bits per heavy atom. The minimum Gasteiger partial charge on any atom is -0.456 e. The largest absolute Gasteiger partial charge is 0.456 e. The summed E-state index contributed by atoms with van der Waals surface area (Å²) < 4.78 is 14.5. The molecule has 0 aliphatic carbocycles. The van der Waals surface area contributed by atoms with Crippen LogP contribution in [0.5, 0.6) is 0 Å². The van der Waals surface area contributed by atoms with E-state index in [0.29, 0.717) is 0 Å². The monoisotopic (exact) mass is 779 g/mol. The third kappa shape index (κ3) is 4.56. The molecule has 0 N–H and O–H groups in total. The second-order valence-corrected chi connectivity index (χ2v) is 17.9. The van der Waals surface area contributed by atoms with Crippen molar-refractivity contribution >= 4 is 144 Å². The fourth-order valence-corrected chi connectivity index (χ4v) is 12.7. The van der Waals surface area contributed by atoms with Crippen molar-refractivity contribution in [1.82, 2.24) is 0 Å². The Hall–Kier alpha value is -6.50. The molecule has 0 atom stereocenters. The van der Waals surface area contributed by atoms with Gasteiger partial charge in [0.2, 0.25) is 0 Å². The fourth-order valence-electron chi connectivity index (χ4n) is 9.19. The highest BCUT2D eigenvalue weighted by molar-refractivity contribution is 7.27. The fraction of sp³-hybridized carbons (Fsp3) is 0. The van der Waals surface area contributed by atoms with Crippen LogP contribution in [0.25, 0.3) is 104 Å². The molecule has 57 heavy (non-hydrogen) atoms. The molecule has 2 nitrogen and oxygen atoms in total. The molecular formula is C52H29NOS3. The SMILES string of the molecule is c1cc(-c2ccc(N(c3cccc4c3sc3ccccc34)c3cccc4c3sc3ccccc34)cc2)c2c(c1)oc1ccc3ccc4sc5ccccc5c4c3c12. The number of hydrogen-bond donors (Lipinski definition) is 0. The third-order valence-electron chi connectivity index (χ3n) is 11.7. The molecule has 266 valence electrons. The van der Waals surface area contributed by atoms with E-state index in [4.69, 9.17) is 4.42 Å². The Labute approximate surface area is 338 Å². The van der Waals surface area contributed by atoms with Gasteiger partial charge in [-0.05, 0) is 77.2 Å². The summed E-state index contributed by atoms with van der Waals surface area (Å²) in [7, 11) is 0. The Balaban J connectivity index is 1.05. The van der Waals surface area contributed by atoms with Crippen LogP contribution in [0.2, 0.25) is 0 Å². The van der Waals surface area contributed by atoms with Gasteiger partial charge in [-0.15, -0.1) is 34.0 Å². The number of hydrogen-bond acceptors (Lipinski definition) is 5. The van der Waals surface area contributed by atoms with Gasteiger partial charge in [0, 0.05) is 73.0 Å². The average Bonchev–Trinajstić information content (AvgIpc) is 4.04. The molecule has 0 bridgehead atoms. The van der Waals surface area contributed by atoms with E-state index in [-0.39, 0.29) is 0 Å². The lowest BCUT2D eigenvalue weighted by atomic mass is 9.94. The number of benzene rings is 9. The van der Waals surface area contributed by atoms with E-state index in [1.165, 1.54) is 93.6 Å².